The fourth-order valence-electron chi connectivity index (χ4n) is 11.0. The third-order valence-electron chi connectivity index (χ3n) is 14.1. The summed E-state index contributed by atoms with van der Waals surface area (Å²) in [7, 11) is 2.95. The Labute approximate surface area is 415 Å². The molecular weight excluding hydrogens is 947 g/mol. The van der Waals surface area contributed by atoms with Gasteiger partial charge in [-0.2, -0.15) is 0 Å². The molecule has 2 aromatic rings. The Balaban J connectivity index is 1.36. The van der Waals surface area contributed by atoms with Gasteiger partial charge in [-0.05, 0) is 81.7 Å². The van der Waals surface area contributed by atoms with Crippen molar-refractivity contribution in [3.8, 4) is 0 Å². The van der Waals surface area contributed by atoms with Gasteiger partial charge in [0.15, 0.2) is 17.5 Å². The largest absolute Gasteiger partial charge is 0.455 e. The van der Waals surface area contributed by atoms with E-state index in [2.05, 4.69) is 5.32 Å². The molecule has 19 heteroatoms. The number of Topliss-reactive ketones (excluding diaryl/α,β-unsaturated/α-hetero) is 1. The van der Waals surface area contributed by atoms with Crippen LogP contribution in [0.2, 0.25) is 0 Å². The van der Waals surface area contributed by atoms with Crippen molar-refractivity contribution in [2.24, 2.45) is 22.7 Å². The first-order valence-corrected chi connectivity index (χ1v) is 26.0. The third kappa shape index (κ3) is 10.2. The monoisotopic (exact) mass is 1010 g/mol. The molecule has 380 valence electrons. The summed E-state index contributed by atoms with van der Waals surface area (Å²) in [6, 6.07) is 14.9. The van der Waals surface area contributed by atoms with Gasteiger partial charge < -0.3 is 48.3 Å². The number of hydrogen-bond donors (Lipinski definition) is 2. The van der Waals surface area contributed by atoms with Crippen LogP contribution < -0.4 is 5.32 Å². The number of alkyl carbamates (subject to hydrolysis) is 1. The molecular formula is C51H63NO16S2. The summed E-state index contributed by atoms with van der Waals surface area (Å²) in [5.74, 6) is -5.77. The molecule has 0 radical (unpaired) electrons. The molecule has 4 aliphatic carbocycles. The van der Waals surface area contributed by atoms with Crippen LogP contribution in [0.15, 0.2) is 71.8 Å². The maximum absolute atomic E-state index is 15.7. The van der Waals surface area contributed by atoms with Gasteiger partial charge in [0.05, 0.1) is 18.1 Å². The second-order valence-electron chi connectivity index (χ2n) is 20.2. The van der Waals surface area contributed by atoms with Gasteiger partial charge in [-0.15, -0.1) is 0 Å². The smallest absolute Gasteiger partial charge is 0.408 e. The average molecular weight is 1010 g/mol. The van der Waals surface area contributed by atoms with E-state index in [4.69, 9.17) is 37.9 Å². The van der Waals surface area contributed by atoms with E-state index >= 15 is 9.59 Å². The lowest BCUT2D eigenvalue weighted by molar-refractivity contribution is -0.323. The van der Waals surface area contributed by atoms with Gasteiger partial charge >= 0.3 is 35.9 Å². The fraction of sp³-hybridized carbons (Fsp3) is 0.588. The Hall–Kier alpha value is -4.95. The fourth-order valence-corrected chi connectivity index (χ4v) is 12.8. The Morgan fingerprint density at radius 2 is 1.59 bits per heavy atom. The van der Waals surface area contributed by atoms with E-state index in [1.807, 2.05) is 6.92 Å². The van der Waals surface area contributed by atoms with Crippen LogP contribution in [0.5, 0.6) is 0 Å². The maximum Gasteiger partial charge on any atom is 0.408 e. The van der Waals surface area contributed by atoms with E-state index in [0.29, 0.717) is 12.0 Å². The number of ether oxygens (including phenoxy) is 8. The van der Waals surface area contributed by atoms with E-state index in [1.54, 1.807) is 101 Å². The second-order valence-corrected chi connectivity index (χ2v) is 22.7. The van der Waals surface area contributed by atoms with Gasteiger partial charge in [-0.25, -0.2) is 19.2 Å². The number of benzene rings is 2. The summed E-state index contributed by atoms with van der Waals surface area (Å²) in [6.07, 6.45) is -7.49. The van der Waals surface area contributed by atoms with Crippen LogP contribution in [0.4, 0.5) is 4.79 Å². The van der Waals surface area contributed by atoms with Crippen molar-refractivity contribution in [1.29, 1.82) is 0 Å². The van der Waals surface area contributed by atoms with Gasteiger partial charge in [0.1, 0.15) is 48.1 Å². The van der Waals surface area contributed by atoms with E-state index in [0.717, 1.165) is 19.1 Å². The number of carbonyl (C=O) groups is 7. The molecule has 5 aliphatic rings. The predicted molar refractivity (Wildman–Crippen MR) is 255 cm³/mol. The Kier molecular flexibility index (Phi) is 15.6. The lowest BCUT2D eigenvalue weighted by Crippen LogP contribution is -2.78. The quantitative estimate of drug-likeness (QED) is 0.0416. The predicted octanol–water partition coefficient (Wildman–Crippen LogP) is 6.79. The number of rotatable bonds is 17. The molecule has 1 amide bonds. The van der Waals surface area contributed by atoms with Crippen molar-refractivity contribution in [3.63, 3.8) is 0 Å². The molecule has 0 aromatic heterocycles. The van der Waals surface area contributed by atoms with Crippen LogP contribution >= 0.6 is 21.6 Å². The summed E-state index contributed by atoms with van der Waals surface area (Å²) in [5, 5.41) is 16.6. The summed E-state index contributed by atoms with van der Waals surface area (Å²) in [4.78, 5) is 98.8. The first-order chi connectivity index (χ1) is 33.0. The van der Waals surface area contributed by atoms with E-state index in [1.165, 1.54) is 29.9 Å². The summed E-state index contributed by atoms with van der Waals surface area (Å²) in [5.41, 5.74) is -7.18. The Morgan fingerprint density at radius 1 is 0.914 bits per heavy atom. The number of hydrogen-bond acceptors (Lipinski definition) is 18. The number of fused-ring (bicyclic) bond motifs is 4. The number of nitrogens with one attached hydrogen (secondary N) is 1. The standard InChI is InChI=1S/C51H63NO16S2/c1-10-21-69-70-27-61-25-36(55)65-40(38(31-17-13-11-14-18-31)52-46(59)68-47(5,6)7)45(58)64-34-24-51(60)43(66-44(57)32-19-15-12-16-20-32)41-49(23-33(49)22-35-50(41,26-62-35)67-30(4)54)42(56)39(63-29(3)53)37(28(34)2)48(51,8)9/h11-20,33-35,38-41,43,60H,10,21-27H2,1-9H3,(H,52,59)/t33-,34+,35-,38+,39-,40-,41+,43+,49-,50+,51-/m1/s1. The molecule has 1 spiro atoms. The molecule has 4 fully saturated rings. The highest BCUT2D eigenvalue weighted by Crippen LogP contribution is 2.74. The number of aliphatic hydroxyl groups is 1. The molecule has 70 heavy (non-hydrogen) atoms. The topological polar surface area (TPSA) is 226 Å². The van der Waals surface area contributed by atoms with Gasteiger partial charge in [0, 0.05) is 36.9 Å². The van der Waals surface area contributed by atoms with Crippen molar-refractivity contribution < 1.29 is 76.6 Å². The zero-order valence-corrected chi connectivity index (χ0v) is 42.6. The summed E-state index contributed by atoms with van der Waals surface area (Å²) in [6.45, 7) is 13.4. The SMILES string of the molecule is CCCSSCOCC(=O)O[C@@H](C(=O)O[C@H]1C[C@@]2(O)[C@@H](OC(=O)c3ccccc3)[C@@H]3[C@]4(OC(C)=O)CO[C@@H]4C[C@@H]4C[C@@]43C(=O)[C@H](OC(C)=O)C(=C1C)C2(C)C)[C@@H](NC(=O)OC(C)(C)C)c1ccccc1. The van der Waals surface area contributed by atoms with Crippen molar-refractivity contribution in [1.82, 2.24) is 5.32 Å². The van der Waals surface area contributed by atoms with Crippen LogP contribution in [0.3, 0.4) is 0 Å². The van der Waals surface area contributed by atoms with Gasteiger partial charge in [-0.1, -0.05) is 90.9 Å². The number of carbonyl (C=O) groups excluding carboxylic acids is 7. The van der Waals surface area contributed by atoms with Crippen molar-refractivity contribution >= 4 is 63.3 Å². The second kappa shape index (κ2) is 20.6. The number of esters is 5. The van der Waals surface area contributed by atoms with Crippen molar-refractivity contribution in [3.05, 3.63) is 82.9 Å². The molecule has 1 saturated heterocycles. The van der Waals surface area contributed by atoms with Crippen LogP contribution in [0.1, 0.15) is 110 Å². The molecule has 17 nitrogen and oxygen atoms in total. The highest BCUT2D eigenvalue weighted by molar-refractivity contribution is 8.76. The molecule has 2 N–H and O–H groups in total. The minimum Gasteiger partial charge on any atom is -0.455 e. The van der Waals surface area contributed by atoms with Crippen LogP contribution in [-0.4, -0.2) is 119 Å². The summed E-state index contributed by atoms with van der Waals surface area (Å²) >= 11 is 0. The van der Waals surface area contributed by atoms with Crippen molar-refractivity contribution in [2.75, 3.05) is 24.9 Å². The lowest BCUT2D eigenvalue weighted by atomic mass is 9.48. The summed E-state index contributed by atoms with van der Waals surface area (Å²) < 4.78 is 48.3. The number of amides is 1. The van der Waals surface area contributed by atoms with Crippen molar-refractivity contribution in [2.45, 2.75) is 141 Å². The zero-order chi connectivity index (χ0) is 51.0. The zero-order valence-electron chi connectivity index (χ0n) is 40.9. The molecule has 0 unspecified atom stereocenters. The molecule has 2 bridgehead atoms. The highest BCUT2D eigenvalue weighted by Gasteiger charge is 2.84. The molecule has 11 atom stereocenters. The highest BCUT2D eigenvalue weighted by atomic mass is 33.1. The maximum atomic E-state index is 15.7. The van der Waals surface area contributed by atoms with E-state index in [9.17, 15) is 29.1 Å². The molecule has 1 aliphatic heterocycles. The van der Waals surface area contributed by atoms with Gasteiger partial charge in [-0.3, -0.25) is 14.4 Å². The minimum absolute atomic E-state index is 0.0962. The lowest BCUT2D eigenvalue weighted by Gasteiger charge is -2.64. The molecule has 2 aromatic carbocycles. The molecule has 3 saturated carbocycles. The minimum atomic E-state index is -2.31. The average Bonchev–Trinajstić information content (AvgIpc) is 4.02. The molecule has 1 heterocycles. The van der Waals surface area contributed by atoms with Crippen LogP contribution in [0, 0.1) is 22.7 Å². The Morgan fingerprint density at radius 3 is 2.19 bits per heavy atom. The first-order valence-electron chi connectivity index (χ1n) is 23.5. The van der Waals surface area contributed by atoms with Crippen LogP contribution in [0.25, 0.3) is 0 Å². The molecule has 7 rings (SSSR count). The Bertz CT molecular complexity index is 2370. The van der Waals surface area contributed by atoms with Gasteiger partial charge in [0.2, 0.25) is 6.10 Å². The third-order valence-corrected chi connectivity index (χ3v) is 16.4. The normalized spacial score (nSPS) is 30.2. The van der Waals surface area contributed by atoms with E-state index in [-0.39, 0.29) is 35.7 Å². The van der Waals surface area contributed by atoms with Gasteiger partial charge in [0.25, 0.3) is 0 Å². The first kappa shape index (κ1) is 52.9. The van der Waals surface area contributed by atoms with E-state index < -0.39 is 131 Å². The van der Waals surface area contributed by atoms with Crippen LogP contribution in [-0.2, 0) is 61.9 Å². The number of ketones is 1.